The highest BCUT2D eigenvalue weighted by Crippen LogP contribution is 2.26. The van der Waals surface area contributed by atoms with Gasteiger partial charge in [-0.25, -0.2) is 29.6 Å². The summed E-state index contributed by atoms with van der Waals surface area (Å²) in [5, 5.41) is 73.2. The van der Waals surface area contributed by atoms with Crippen LogP contribution < -0.4 is 58.7 Å². The second kappa shape index (κ2) is 54.4. The predicted molar refractivity (Wildman–Crippen MR) is 437 cm³/mol. The monoisotopic (exact) mass is 1680 g/mol. The molecule has 1 aliphatic heterocycles. The van der Waals surface area contributed by atoms with Gasteiger partial charge in [0.1, 0.15) is 48.9 Å². The maximum Gasteiger partial charge on any atom is 0.426 e. The molecule has 646 valence electrons. The van der Waals surface area contributed by atoms with Crippen molar-refractivity contribution in [2.45, 2.75) is 238 Å². The number of rotatable bonds is 55. The summed E-state index contributed by atoms with van der Waals surface area (Å²) >= 11 is 1.31. The quantitative estimate of drug-likeness (QED) is 0.0127. The highest BCUT2D eigenvalue weighted by Gasteiger charge is 2.38. The molecule has 0 radical (unpaired) electrons. The number of benzene rings is 2. The van der Waals surface area contributed by atoms with E-state index in [4.69, 9.17) is 19.6 Å². The number of hydrogen-bond acceptors (Lipinski definition) is 22. The molecule has 1 aromatic heterocycles. The lowest BCUT2D eigenvalue weighted by Gasteiger charge is -2.39. The summed E-state index contributed by atoms with van der Waals surface area (Å²) in [6.07, 6.45) is 7.70. The molecule has 4 rings (SSSR count). The first-order valence-electron chi connectivity index (χ1n) is 39.6. The maximum absolute atomic E-state index is 14.9. The summed E-state index contributed by atoms with van der Waals surface area (Å²) in [7, 11) is 4.45. The normalized spacial score (nSPS) is 15.0. The molecule has 0 saturated carbocycles. The Morgan fingerprint density at radius 3 is 1.97 bits per heavy atom. The van der Waals surface area contributed by atoms with Crippen molar-refractivity contribution >= 4 is 116 Å². The van der Waals surface area contributed by atoms with E-state index in [0.29, 0.717) is 67.8 Å². The Labute approximate surface area is 689 Å². The summed E-state index contributed by atoms with van der Waals surface area (Å²) in [4.78, 5) is 188. The van der Waals surface area contributed by atoms with E-state index in [1.165, 1.54) is 45.1 Å². The van der Waals surface area contributed by atoms with Gasteiger partial charge < -0.3 is 87.8 Å². The molecule has 38 heteroatoms. The van der Waals surface area contributed by atoms with Crippen LogP contribution in [0.1, 0.15) is 196 Å². The van der Waals surface area contributed by atoms with E-state index in [1.807, 2.05) is 20.9 Å². The second-order valence-corrected chi connectivity index (χ2v) is 32.9. The lowest BCUT2D eigenvalue weighted by molar-refractivity contribution is -0.148. The van der Waals surface area contributed by atoms with Gasteiger partial charge in [-0.2, -0.15) is 0 Å². The lowest BCUT2D eigenvalue weighted by Crippen LogP contribution is -2.59. The Bertz CT molecular complexity index is 3640. The number of hydrazine groups is 1. The summed E-state index contributed by atoms with van der Waals surface area (Å²) in [5.41, 5.74) is 6.60. The molecule has 35 nitrogen and oxygen atoms in total. The number of likely N-dealkylation sites (N-methyl/N-ethyl adjacent to an activating group) is 1. The van der Waals surface area contributed by atoms with Crippen molar-refractivity contribution in [2.24, 2.45) is 17.8 Å². The molecule has 116 heavy (non-hydrogen) atoms. The molecule has 12 amide bonds. The minimum atomic E-state index is -1.71. The van der Waals surface area contributed by atoms with Gasteiger partial charge in [-0.1, -0.05) is 138 Å². The molecule has 0 bridgehead atoms. The first-order valence-corrected chi connectivity index (χ1v) is 42.9. The van der Waals surface area contributed by atoms with Gasteiger partial charge in [0.2, 0.25) is 35.4 Å². The standard InChI is InChI=1S/C78H120N14O21S3/c1-9-11-12-13-18-36-112-47-92(74(106)68(49(5)10-2)88-73(105)62-20-15-17-35-91(62)8)61(48(3)4)30-31-64-85-60(46-114-64)72(104)83-55(41-52-25-27-56(93)28-26-52)40-50(6)69(101)89-90-78(111)113-37-39-116-115-38-34-79-70(102)58(43-66(97)98)86-71(103)59(44-67(99)100)84-63(94)42-53-21-23-54(24-22-53)45-81-76(109)80-33-16-14-19-51(7)82-77(110)87-57(75(107)108)29-32-65(95)96/h21-28,46,48-51,55,57-59,61-62,68,93H,9-20,29-45,47H2,1-8H3,(H,79,102)(H,83,104)(H,84,94)(H,86,103)(H,88,105)(H,89,101)(H,90,111)(H,95,96)(H,97,98)(H,99,100)(H,107,108)(H2,80,81,109)(H2,82,87,110)/t49?,50-,51+,55+,57-,58-,59?,61+,62?,68-/m0/s1. The van der Waals surface area contributed by atoms with Gasteiger partial charge in [-0.15, -0.1) is 11.3 Å². The number of aryl methyl sites for hydroxylation is 1. The van der Waals surface area contributed by atoms with Gasteiger partial charge in [-0.05, 0) is 125 Å². The maximum atomic E-state index is 14.9. The molecule has 0 spiro atoms. The molecule has 0 aliphatic carbocycles. The number of aromatic hydroxyl groups is 1. The predicted octanol–water partition coefficient (Wildman–Crippen LogP) is 6.35. The number of aliphatic carboxylic acids is 4. The molecule has 10 atom stereocenters. The zero-order valence-electron chi connectivity index (χ0n) is 67.6. The Morgan fingerprint density at radius 1 is 0.647 bits per heavy atom. The number of unbranched alkanes of at least 4 members (excludes halogenated alkanes) is 5. The van der Waals surface area contributed by atoms with E-state index >= 15 is 0 Å². The van der Waals surface area contributed by atoms with Crippen LogP contribution in [-0.4, -0.2) is 230 Å². The van der Waals surface area contributed by atoms with E-state index in [2.05, 4.69) is 84.4 Å². The van der Waals surface area contributed by atoms with Crippen LogP contribution >= 0.6 is 32.9 Å². The van der Waals surface area contributed by atoms with Crippen LogP contribution in [0.2, 0.25) is 0 Å². The number of carbonyl (C=O) groups excluding carboxylic acids is 10. The number of phenolic OH excluding ortho intramolecular Hbond substituents is 1. The average Bonchev–Trinajstić information content (AvgIpc) is 1.30. The van der Waals surface area contributed by atoms with E-state index in [-0.39, 0.29) is 117 Å². The van der Waals surface area contributed by atoms with E-state index in [0.717, 1.165) is 63.5 Å². The van der Waals surface area contributed by atoms with Crippen LogP contribution in [0, 0.1) is 17.8 Å². The largest absolute Gasteiger partial charge is 0.508 e. The number of ether oxygens (including phenoxy) is 2. The highest BCUT2D eigenvalue weighted by molar-refractivity contribution is 8.76. The van der Waals surface area contributed by atoms with Gasteiger partial charge in [-0.3, -0.25) is 58.3 Å². The van der Waals surface area contributed by atoms with Crippen LogP contribution in [0.3, 0.4) is 0 Å². The molecule has 1 saturated heterocycles. The van der Waals surface area contributed by atoms with Crippen molar-refractivity contribution < 1.29 is 102 Å². The Balaban J connectivity index is 1.20. The van der Waals surface area contributed by atoms with Crippen molar-refractivity contribution in [3.8, 4) is 5.75 Å². The van der Waals surface area contributed by atoms with Gasteiger partial charge in [0, 0.05) is 80.0 Å². The van der Waals surface area contributed by atoms with Crippen molar-refractivity contribution in [2.75, 3.05) is 58.1 Å². The van der Waals surface area contributed by atoms with Crippen LogP contribution in [0.4, 0.5) is 14.4 Å². The van der Waals surface area contributed by atoms with E-state index < -0.39 is 127 Å². The molecule has 3 unspecified atom stereocenters. The number of thiazole rings is 1. The summed E-state index contributed by atoms with van der Waals surface area (Å²) in [6.45, 7) is 15.2. The third-order valence-corrected chi connectivity index (χ3v) is 22.6. The number of phenols is 1. The molecular weight excluding hydrogens is 1570 g/mol. The van der Waals surface area contributed by atoms with Crippen molar-refractivity contribution in [3.63, 3.8) is 0 Å². The number of aromatic nitrogens is 1. The Hall–Kier alpha value is -9.53. The molecule has 16 N–H and O–H groups in total. The number of nitrogens with one attached hydrogen (secondary N) is 11. The zero-order chi connectivity index (χ0) is 85.7. The average molecular weight is 1690 g/mol. The number of amides is 12. The van der Waals surface area contributed by atoms with Crippen LogP contribution in [0.25, 0.3) is 0 Å². The highest BCUT2D eigenvalue weighted by atomic mass is 33.1. The SMILES string of the molecule is CCCCCCCOCN(C(=O)[C@@H](NC(=O)C1CCCCN1C)C(C)CC)[C@H](CCc1nc(C(=O)N[C@@H](Cc2ccc(O)cc2)C[C@H](C)C(=O)NNC(=O)OCCSSCCNC(=O)[C@H](CC(=O)O)NC(=O)C(CC(=O)O)NC(=O)Cc2ccc(CNC(=O)NCCCC[C@@H](C)NC(=O)N[C@@H](CCC(=O)O)C(=O)O)cc2)cs1)C(C)C. The number of likely N-dealkylation sites (tertiary alicyclic amines) is 1. The summed E-state index contributed by atoms with van der Waals surface area (Å²) in [6, 6.07) is 4.48. The minimum absolute atomic E-state index is 0.0174. The number of carboxylic acids is 4. The van der Waals surface area contributed by atoms with Crippen molar-refractivity contribution in [1.82, 2.24) is 73.5 Å². The van der Waals surface area contributed by atoms with Crippen LogP contribution in [-0.2, 0) is 83.2 Å². The number of piperidine rings is 1. The van der Waals surface area contributed by atoms with Gasteiger partial charge >= 0.3 is 42.0 Å². The fourth-order valence-electron chi connectivity index (χ4n) is 12.6. The molecule has 1 fully saturated rings. The van der Waals surface area contributed by atoms with Gasteiger partial charge in [0.05, 0.1) is 30.3 Å². The summed E-state index contributed by atoms with van der Waals surface area (Å²) < 4.78 is 11.5. The number of carboxylic acid groups (broad SMARTS) is 4. The molecule has 1 aliphatic rings. The first-order chi connectivity index (χ1) is 55.3. The van der Waals surface area contributed by atoms with Crippen molar-refractivity contribution in [3.05, 3.63) is 81.3 Å². The number of nitrogens with zero attached hydrogens (tertiary/aromatic N) is 3. The number of hydrogen-bond donors (Lipinski definition) is 16. The van der Waals surface area contributed by atoms with Gasteiger partial charge in [0.25, 0.3) is 5.91 Å². The second-order valence-electron chi connectivity index (χ2n) is 29.3. The van der Waals surface area contributed by atoms with Crippen molar-refractivity contribution in [1.29, 1.82) is 0 Å². The Morgan fingerprint density at radius 2 is 1.32 bits per heavy atom. The molecule has 3 aromatic rings. The topological polar surface area (TPSA) is 510 Å². The third-order valence-electron chi connectivity index (χ3n) is 19.3. The van der Waals surface area contributed by atoms with E-state index in [1.54, 1.807) is 60.5 Å². The number of carbonyl (C=O) groups is 14. The molecular formula is C78H120N14O21S3. The first kappa shape index (κ1) is 98.8. The third kappa shape index (κ3) is 39.4. The van der Waals surface area contributed by atoms with Crippen LogP contribution in [0.5, 0.6) is 5.75 Å². The van der Waals surface area contributed by atoms with Gasteiger partial charge in [0.15, 0.2) is 0 Å². The number of urea groups is 2. The fourth-order valence-corrected chi connectivity index (χ4v) is 15.1. The molecule has 2 heterocycles. The molecule has 2 aromatic carbocycles. The minimum Gasteiger partial charge on any atom is -0.508 e. The fraction of sp³-hybridized carbons (Fsp3) is 0.628. The Kier molecular flexibility index (Phi) is 46.3. The van der Waals surface area contributed by atoms with Crippen LogP contribution in [0.15, 0.2) is 53.9 Å². The smallest absolute Gasteiger partial charge is 0.426 e. The summed E-state index contributed by atoms with van der Waals surface area (Å²) in [5.74, 6) is -10.1. The lowest BCUT2D eigenvalue weighted by atomic mass is 9.93. The van der Waals surface area contributed by atoms with E-state index in [9.17, 15) is 87.5 Å². The zero-order valence-corrected chi connectivity index (χ0v) is 70.0.